The van der Waals surface area contributed by atoms with Crippen molar-refractivity contribution < 1.29 is 0 Å². The Kier molecular flexibility index (Phi) is 4.65. The summed E-state index contributed by atoms with van der Waals surface area (Å²) in [6.07, 6.45) is 1.94. The fraction of sp³-hybridized carbons (Fsp3) is 0.0417. The van der Waals surface area contributed by atoms with Crippen LogP contribution in [0, 0.1) is 6.92 Å². The van der Waals surface area contributed by atoms with Crippen molar-refractivity contribution in [2.24, 2.45) is 0 Å². The van der Waals surface area contributed by atoms with E-state index in [0.717, 1.165) is 5.69 Å². The molecular formula is C24H21NP+. The summed E-state index contributed by atoms with van der Waals surface area (Å²) < 4.78 is 0. The Balaban J connectivity index is 2.14. The van der Waals surface area contributed by atoms with Gasteiger partial charge in [-0.2, -0.15) is 0 Å². The average Bonchev–Trinajstić information content (AvgIpc) is 2.71. The SMILES string of the molecule is Cc1cc([P+](c2ccccc2)(c2ccccc2)c2ccccc2)ccn1. The second-order valence-electron chi connectivity index (χ2n) is 6.33. The Morgan fingerprint density at radius 3 is 1.35 bits per heavy atom. The zero-order valence-corrected chi connectivity index (χ0v) is 15.7. The number of hydrogen-bond donors (Lipinski definition) is 0. The van der Waals surface area contributed by atoms with Gasteiger partial charge in [0, 0.05) is 18.0 Å². The van der Waals surface area contributed by atoms with Crippen LogP contribution in [0.25, 0.3) is 0 Å². The molecule has 4 rings (SSSR count). The number of aryl methyl sites for hydroxylation is 1. The molecule has 0 spiro atoms. The fourth-order valence-electron chi connectivity index (χ4n) is 3.59. The molecule has 0 fully saturated rings. The fourth-order valence-corrected chi connectivity index (χ4v) is 7.91. The average molecular weight is 354 g/mol. The highest BCUT2D eigenvalue weighted by molar-refractivity contribution is 8.01. The van der Waals surface area contributed by atoms with Gasteiger partial charge in [-0.1, -0.05) is 54.6 Å². The van der Waals surface area contributed by atoms with Gasteiger partial charge >= 0.3 is 0 Å². The summed E-state index contributed by atoms with van der Waals surface area (Å²) in [6, 6.07) is 37.2. The molecule has 2 heteroatoms. The van der Waals surface area contributed by atoms with Gasteiger partial charge in [-0.25, -0.2) is 0 Å². The van der Waals surface area contributed by atoms with E-state index in [1.54, 1.807) is 0 Å². The molecule has 0 unspecified atom stereocenters. The van der Waals surface area contributed by atoms with Crippen LogP contribution in [-0.2, 0) is 0 Å². The lowest BCUT2D eigenvalue weighted by atomic mass is 10.3. The summed E-state index contributed by atoms with van der Waals surface area (Å²) in [5.74, 6) is 0. The van der Waals surface area contributed by atoms with E-state index < -0.39 is 7.26 Å². The number of hydrogen-bond acceptors (Lipinski definition) is 1. The van der Waals surface area contributed by atoms with Crippen molar-refractivity contribution in [2.45, 2.75) is 6.92 Å². The van der Waals surface area contributed by atoms with Gasteiger partial charge in [0.15, 0.2) is 0 Å². The van der Waals surface area contributed by atoms with Crippen LogP contribution in [0.4, 0.5) is 0 Å². The van der Waals surface area contributed by atoms with Crippen molar-refractivity contribution in [3.8, 4) is 0 Å². The molecule has 126 valence electrons. The smallest absolute Gasteiger partial charge is 0.144 e. The predicted octanol–water partition coefficient (Wildman–Crippen LogP) is 4.01. The first-order valence-electron chi connectivity index (χ1n) is 8.81. The lowest BCUT2D eigenvalue weighted by molar-refractivity contribution is 1.21. The Labute approximate surface area is 155 Å². The highest BCUT2D eigenvalue weighted by Crippen LogP contribution is 2.54. The van der Waals surface area contributed by atoms with Crippen LogP contribution < -0.4 is 21.2 Å². The number of nitrogens with zero attached hydrogens (tertiary/aromatic N) is 1. The van der Waals surface area contributed by atoms with Gasteiger partial charge in [0.05, 0.1) is 0 Å². The molecule has 0 atom stereocenters. The first-order chi connectivity index (χ1) is 12.8. The van der Waals surface area contributed by atoms with Crippen molar-refractivity contribution in [1.82, 2.24) is 4.98 Å². The van der Waals surface area contributed by atoms with Crippen LogP contribution in [0.15, 0.2) is 109 Å². The van der Waals surface area contributed by atoms with E-state index in [2.05, 4.69) is 115 Å². The Hall–Kier alpha value is -2.76. The first kappa shape index (κ1) is 16.7. The molecule has 0 amide bonds. The molecule has 1 heterocycles. The molecule has 0 aliphatic rings. The second-order valence-corrected chi connectivity index (χ2v) is 9.74. The van der Waals surface area contributed by atoms with E-state index in [-0.39, 0.29) is 0 Å². The molecule has 0 aliphatic heterocycles. The van der Waals surface area contributed by atoms with Gasteiger partial charge < -0.3 is 0 Å². The third kappa shape index (κ3) is 2.85. The minimum absolute atomic E-state index is 1.05. The topological polar surface area (TPSA) is 12.9 Å². The number of rotatable bonds is 4. The number of benzene rings is 3. The maximum absolute atomic E-state index is 4.45. The summed E-state index contributed by atoms with van der Waals surface area (Å²) in [7, 11) is -1.97. The molecule has 1 nitrogen and oxygen atoms in total. The first-order valence-corrected chi connectivity index (χ1v) is 10.6. The molecule has 26 heavy (non-hydrogen) atoms. The van der Waals surface area contributed by atoms with Gasteiger partial charge in [0.2, 0.25) is 0 Å². The molecule has 0 saturated heterocycles. The minimum atomic E-state index is -1.97. The van der Waals surface area contributed by atoms with Crippen LogP contribution >= 0.6 is 7.26 Å². The van der Waals surface area contributed by atoms with Crippen molar-refractivity contribution in [2.75, 3.05) is 0 Å². The quantitative estimate of drug-likeness (QED) is 0.505. The van der Waals surface area contributed by atoms with Crippen LogP contribution in [0.5, 0.6) is 0 Å². The number of pyridine rings is 1. The summed E-state index contributed by atoms with van der Waals surface area (Å²) >= 11 is 0. The van der Waals surface area contributed by atoms with Gasteiger partial charge in [-0.05, 0) is 49.4 Å². The summed E-state index contributed by atoms with van der Waals surface area (Å²) in [5.41, 5.74) is 1.05. The van der Waals surface area contributed by atoms with Crippen molar-refractivity contribution in [3.05, 3.63) is 115 Å². The summed E-state index contributed by atoms with van der Waals surface area (Å²) in [5, 5.41) is 5.43. The van der Waals surface area contributed by atoms with Crippen LogP contribution in [0.1, 0.15) is 5.69 Å². The third-order valence-electron chi connectivity index (χ3n) is 4.70. The van der Waals surface area contributed by atoms with E-state index in [4.69, 9.17) is 0 Å². The van der Waals surface area contributed by atoms with Crippen molar-refractivity contribution in [1.29, 1.82) is 0 Å². The van der Waals surface area contributed by atoms with E-state index in [0.29, 0.717) is 0 Å². The predicted molar refractivity (Wildman–Crippen MR) is 114 cm³/mol. The van der Waals surface area contributed by atoms with Crippen LogP contribution in [-0.4, -0.2) is 4.98 Å². The maximum Gasteiger partial charge on any atom is 0.144 e. The van der Waals surface area contributed by atoms with E-state index in [9.17, 15) is 0 Å². The molecule has 0 N–H and O–H groups in total. The Bertz CT molecular complexity index is 885. The maximum atomic E-state index is 4.45. The van der Waals surface area contributed by atoms with Gasteiger partial charge in [0.1, 0.15) is 28.5 Å². The van der Waals surface area contributed by atoms with Crippen LogP contribution in [0.3, 0.4) is 0 Å². The second kappa shape index (κ2) is 7.23. The van der Waals surface area contributed by atoms with Crippen LogP contribution in [0.2, 0.25) is 0 Å². The lowest BCUT2D eigenvalue weighted by Gasteiger charge is -2.27. The minimum Gasteiger partial charge on any atom is -0.261 e. The van der Waals surface area contributed by atoms with E-state index >= 15 is 0 Å². The Morgan fingerprint density at radius 2 is 0.962 bits per heavy atom. The zero-order chi connectivity index (χ0) is 17.8. The van der Waals surface area contributed by atoms with E-state index in [1.807, 2.05) is 6.20 Å². The monoisotopic (exact) mass is 354 g/mol. The molecule has 0 aliphatic carbocycles. The van der Waals surface area contributed by atoms with Crippen molar-refractivity contribution >= 4 is 28.5 Å². The molecule has 3 aromatic carbocycles. The molecule has 1 aromatic heterocycles. The number of aromatic nitrogens is 1. The lowest BCUT2D eigenvalue weighted by Crippen LogP contribution is -2.38. The van der Waals surface area contributed by atoms with Gasteiger partial charge in [-0.3, -0.25) is 4.98 Å². The summed E-state index contributed by atoms with van der Waals surface area (Å²) in [6.45, 7) is 2.07. The Morgan fingerprint density at radius 1 is 0.538 bits per heavy atom. The third-order valence-corrected chi connectivity index (χ3v) is 8.97. The molecule has 0 bridgehead atoms. The standard InChI is InChI=1S/C24H21NP/c1-20-19-24(17-18-25-20)26(21-11-5-2-6-12-21,22-13-7-3-8-14-22)23-15-9-4-10-16-23/h2-19H,1H3/q+1. The van der Waals surface area contributed by atoms with E-state index in [1.165, 1.54) is 21.2 Å². The molecule has 0 saturated carbocycles. The molecule has 4 aromatic rings. The highest BCUT2D eigenvalue weighted by atomic mass is 31.2. The summed E-state index contributed by atoms with van der Waals surface area (Å²) in [4.78, 5) is 4.45. The normalized spacial score (nSPS) is 11.3. The zero-order valence-electron chi connectivity index (χ0n) is 14.8. The van der Waals surface area contributed by atoms with Gasteiger partial charge in [-0.15, -0.1) is 0 Å². The highest BCUT2D eigenvalue weighted by Gasteiger charge is 2.47. The largest absolute Gasteiger partial charge is 0.261 e. The van der Waals surface area contributed by atoms with Gasteiger partial charge in [0.25, 0.3) is 0 Å². The molecular weight excluding hydrogens is 333 g/mol. The van der Waals surface area contributed by atoms with Crippen molar-refractivity contribution in [3.63, 3.8) is 0 Å². The molecule has 0 radical (unpaired) electrons.